The molecule has 17 heavy (non-hydrogen) atoms. The summed E-state index contributed by atoms with van der Waals surface area (Å²) in [5, 5.41) is 13.5. The summed E-state index contributed by atoms with van der Waals surface area (Å²) in [6.45, 7) is 4.24. The van der Waals surface area contributed by atoms with E-state index < -0.39 is 30.4 Å². The molecule has 7 heteroatoms. The summed E-state index contributed by atoms with van der Waals surface area (Å²) in [5.41, 5.74) is 0. The molecule has 0 rings (SSSR count). The van der Waals surface area contributed by atoms with Gasteiger partial charge in [0.2, 0.25) is 0 Å². The van der Waals surface area contributed by atoms with Crippen LogP contribution in [0.5, 0.6) is 0 Å². The third kappa shape index (κ3) is 7.15. The van der Waals surface area contributed by atoms with E-state index >= 15 is 0 Å². The van der Waals surface area contributed by atoms with Crippen molar-refractivity contribution in [1.82, 2.24) is 10.6 Å². The van der Waals surface area contributed by atoms with Crippen molar-refractivity contribution in [2.45, 2.75) is 26.3 Å². The lowest BCUT2D eigenvalue weighted by molar-refractivity contribution is -0.147. The van der Waals surface area contributed by atoms with E-state index in [9.17, 15) is 14.4 Å². The van der Waals surface area contributed by atoms with Crippen molar-refractivity contribution < 1.29 is 24.2 Å². The van der Waals surface area contributed by atoms with E-state index in [4.69, 9.17) is 5.11 Å². The highest BCUT2D eigenvalue weighted by molar-refractivity contribution is 5.86. The second kappa shape index (κ2) is 7.48. The van der Waals surface area contributed by atoms with E-state index in [0.29, 0.717) is 6.54 Å². The minimum Gasteiger partial charge on any atom is -0.480 e. The summed E-state index contributed by atoms with van der Waals surface area (Å²) in [7, 11) is 1.15. The number of ether oxygens (including phenoxy) is 1. The fourth-order valence-corrected chi connectivity index (χ4v) is 0.956. The van der Waals surface area contributed by atoms with Gasteiger partial charge in [0.1, 0.15) is 6.04 Å². The van der Waals surface area contributed by atoms with Crippen molar-refractivity contribution in [3.8, 4) is 0 Å². The Labute approximate surface area is 99.5 Å². The molecule has 0 heterocycles. The average Bonchev–Trinajstić information content (AvgIpc) is 2.25. The van der Waals surface area contributed by atoms with Crippen LogP contribution in [0.25, 0.3) is 0 Å². The normalized spacial score (nSPS) is 11.8. The van der Waals surface area contributed by atoms with Crippen molar-refractivity contribution in [1.29, 1.82) is 0 Å². The highest BCUT2D eigenvalue weighted by Gasteiger charge is 2.23. The average molecular weight is 246 g/mol. The Morgan fingerprint density at radius 1 is 1.29 bits per heavy atom. The number of hydrogen-bond acceptors (Lipinski definition) is 4. The highest BCUT2D eigenvalue weighted by atomic mass is 16.5. The number of nitrogens with one attached hydrogen (secondary N) is 2. The van der Waals surface area contributed by atoms with Gasteiger partial charge in [0.25, 0.3) is 0 Å². The number of carbonyl (C=O) groups excluding carboxylic acids is 2. The fourth-order valence-electron chi connectivity index (χ4n) is 0.956. The Morgan fingerprint density at radius 3 is 2.29 bits per heavy atom. The number of carboxylic acid groups (broad SMARTS) is 1. The molecular formula is C10H18N2O5. The molecule has 0 aromatic rings. The number of hydrogen-bond donors (Lipinski definition) is 3. The maximum Gasteiger partial charge on any atom is 0.326 e. The van der Waals surface area contributed by atoms with Crippen LogP contribution in [0.2, 0.25) is 0 Å². The Morgan fingerprint density at radius 2 is 1.88 bits per heavy atom. The molecule has 0 aliphatic carbocycles. The van der Waals surface area contributed by atoms with E-state index in [0.717, 1.165) is 7.11 Å². The van der Waals surface area contributed by atoms with Gasteiger partial charge in [-0.3, -0.25) is 4.79 Å². The van der Waals surface area contributed by atoms with E-state index in [1.165, 1.54) is 0 Å². The molecule has 0 bridgehead atoms. The third-order valence-corrected chi connectivity index (χ3v) is 1.87. The van der Waals surface area contributed by atoms with E-state index in [2.05, 4.69) is 15.4 Å². The van der Waals surface area contributed by atoms with Crippen LogP contribution in [0.4, 0.5) is 4.79 Å². The second-order valence-corrected chi connectivity index (χ2v) is 3.92. The molecule has 3 N–H and O–H groups in total. The molecule has 0 aromatic carbocycles. The standard InChI is InChI=1S/C10H18N2O5/c1-6(2)5-11-10(16)12-7(9(14)15)4-8(13)17-3/h6-7H,4-5H2,1-3H3,(H,14,15)(H2,11,12,16)/t7-/m0/s1. The first-order chi connectivity index (χ1) is 7.86. The number of carbonyl (C=O) groups is 3. The van der Waals surface area contributed by atoms with E-state index in [1.54, 1.807) is 0 Å². The van der Waals surface area contributed by atoms with Crippen molar-refractivity contribution >= 4 is 18.0 Å². The lowest BCUT2D eigenvalue weighted by Gasteiger charge is -2.14. The minimum atomic E-state index is -1.28. The SMILES string of the molecule is COC(=O)C[C@H](NC(=O)NCC(C)C)C(=O)O. The maximum absolute atomic E-state index is 11.3. The van der Waals surface area contributed by atoms with Gasteiger partial charge in [0, 0.05) is 6.54 Å². The van der Waals surface area contributed by atoms with Gasteiger partial charge in [0.15, 0.2) is 0 Å². The Kier molecular flexibility index (Phi) is 6.69. The Balaban J connectivity index is 4.20. The number of urea groups is 1. The lowest BCUT2D eigenvalue weighted by atomic mass is 10.2. The van der Waals surface area contributed by atoms with Crippen LogP contribution >= 0.6 is 0 Å². The van der Waals surface area contributed by atoms with E-state index in [1.807, 2.05) is 13.8 Å². The van der Waals surface area contributed by atoms with Crippen molar-refractivity contribution in [2.75, 3.05) is 13.7 Å². The van der Waals surface area contributed by atoms with Crippen molar-refractivity contribution in [2.24, 2.45) is 5.92 Å². The van der Waals surface area contributed by atoms with Crippen LogP contribution in [0.3, 0.4) is 0 Å². The zero-order valence-electron chi connectivity index (χ0n) is 10.1. The third-order valence-electron chi connectivity index (χ3n) is 1.87. The van der Waals surface area contributed by atoms with Crippen LogP contribution in [-0.4, -0.2) is 42.8 Å². The van der Waals surface area contributed by atoms with Crippen LogP contribution in [0, 0.1) is 5.92 Å². The van der Waals surface area contributed by atoms with Crippen LogP contribution in [0.1, 0.15) is 20.3 Å². The summed E-state index contributed by atoms with van der Waals surface area (Å²) in [6.07, 6.45) is -0.402. The highest BCUT2D eigenvalue weighted by Crippen LogP contribution is 1.95. The number of amides is 2. The number of methoxy groups -OCH3 is 1. The number of aliphatic carboxylic acids is 1. The molecule has 98 valence electrons. The smallest absolute Gasteiger partial charge is 0.326 e. The van der Waals surface area contributed by atoms with Gasteiger partial charge in [-0.15, -0.1) is 0 Å². The molecule has 0 unspecified atom stereocenters. The molecule has 0 saturated carbocycles. The first-order valence-electron chi connectivity index (χ1n) is 5.20. The molecule has 0 aliphatic rings. The number of esters is 1. The summed E-state index contributed by atoms with van der Waals surface area (Å²) < 4.78 is 4.34. The molecule has 0 aliphatic heterocycles. The van der Waals surface area contributed by atoms with Gasteiger partial charge in [-0.25, -0.2) is 9.59 Å². The summed E-state index contributed by atoms with van der Waals surface area (Å²) in [5.74, 6) is -1.72. The molecule has 0 radical (unpaired) electrons. The molecule has 1 atom stereocenters. The largest absolute Gasteiger partial charge is 0.480 e. The zero-order chi connectivity index (χ0) is 13.4. The predicted molar refractivity (Wildman–Crippen MR) is 59.4 cm³/mol. The zero-order valence-corrected chi connectivity index (χ0v) is 10.1. The molecular weight excluding hydrogens is 228 g/mol. The van der Waals surface area contributed by atoms with Crippen molar-refractivity contribution in [3.05, 3.63) is 0 Å². The second-order valence-electron chi connectivity index (χ2n) is 3.92. The Bertz CT molecular complexity index is 290. The molecule has 0 fully saturated rings. The van der Waals surface area contributed by atoms with Gasteiger partial charge in [0.05, 0.1) is 13.5 Å². The van der Waals surface area contributed by atoms with E-state index in [-0.39, 0.29) is 5.92 Å². The van der Waals surface area contributed by atoms with Gasteiger partial charge in [-0.05, 0) is 5.92 Å². The first-order valence-corrected chi connectivity index (χ1v) is 5.20. The van der Waals surface area contributed by atoms with Gasteiger partial charge in [-0.2, -0.15) is 0 Å². The molecule has 0 saturated heterocycles. The summed E-state index contributed by atoms with van der Waals surface area (Å²) in [4.78, 5) is 33.0. The van der Waals surface area contributed by atoms with Gasteiger partial charge < -0.3 is 20.5 Å². The Hall–Kier alpha value is -1.79. The quantitative estimate of drug-likeness (QED) is 0.570. The minimum absolute atomic E-state index is 0.254. The topological polar surface area (TPSA) is 105 Å². The van der Waals surface area contributed by atoms with Crippen LogP contribution in [-0.2, 0) is 14.3 Å². The van der Waals surface area contributed by atoms with Gasteiger partial charge in [-0.1, -0.05) is 13.8 Å². The van der Waals surface area contributed by atoms with Crippen LogP contribution in [0.15, 0.2) is 0 Å². The maximum atomic E-state index is 11.3. The van der Waals surface area contributed by atoms with Gasteiger partial charge >= 0.3 is 18.0 Å². The first kappa shape index (κ1) is 15.2. The summed E-state index contributed by atoms with van der Waals surface area (Å²) in [6, 6.07) is -1.90. The lowest BCUT2D eigenvalue weighted by Crippen LogP contribution is -2.47. The number of carboxylic acids is 1. The molecule has 2 amide bonds. The fraction of sp³-hybridized carbons (Fsp3) is 0.700. The van der Waals surface area contributed by atoms with Crippen LogP contribution < -0.4 is 10.6 Å². The van der Waals surface area contributed by atoms with Crippen molar-refractivity contribution in [3.63, 3.8) is 0 Å². The molecule has 0 aromatic heterocycles. The predicted octanol–water partition coefficient (Wildman–Crippen LogP) is -0.0421. The molecule has 0 spiro atoms. The number of rotatable bonds is 6. The summed E-state index contributed by atoms with van der Waals surface area (Å²) >= 11 is 0. The molecule has 7 nitrogen and oxygen atoms in total. The monoisotopic (exact) mass is 246 g/mol.